The van der Waals surface area contributed by atoms with Crippen LogP contribution in [0.3, 0.4) is 0 Å². The van der Waals surface area contributed by atoms with Crippen LogP contribution in [-0.2, 0) is 17.6 Å². The second-order valence-electron chi connectivity index (χ2n) is 6.79. The summed E-state index contributed by atoms with van der Waals surface area (Å²) in [5.41, 5.74) is 3.90. The molecule has 1 aromatic carbocycles. The van der Waals surface area contributed by atoms with E-state index in [9.17, 15) is 15.0 Å². The van der Waals surface area contributed by atoms with Gasteiger partial charge in [-0.3, -0.25) is 4.79 Å². The number of carboxylic acid groups (broad SMARTS) is 1. The number of allylic oxidation sites excluding steroid dienone is 4. The Morgan fingerprint density at radius 2 is 1.64 bits per heavy atom. The van der Waals surface area contributed by atoms with Crippen molar-refractivity contribution >= 4 is 5.97 Å². The van der Waals surface area contributed by atoms with Gasteiger partial charge in [-0.1, -0.05) is 23.3 Å². The standard InChI is InChI=1S/C21H30O4/c1-15(2)7-6-8-16(3)11-12-18-19(22)13-17(14-20(18)23)9-4-5-10-21(24)25/h7,11,13-14,22-23H,4-6,8-10,12H2,1-3H3,(H,24,25). The minimum Gasteiger partial charge on any atom is -0.508 e. The summed E-state index contributed by atoms with van der Waals surface area (Å²) in [4.78, 5) is 10.5. The molecule has 0 atom stereocenters. The highest BCUT2D eigenvalue weighted by atomic mass is 16.4. The number of carbonyl (C=O) groups is 1. The van der Waals surface area contributed by atoms with Crippen molar-refractivity contribution in [1.29, 1.82) is 0 Å². The molecule has 0 saturated carbocycles. The molecule has 4 heteroatoms. The van der Waals surface area contributed by atoms with Crippen molar-refractivity contribution in [1.82, 2.24) is 0 Å². The number of phenolic OH excluding ortho intramolecular Hbond substituents is 2. The molecule has 0 aliphatic carbocycles. The van der Waals surface area contributed by atoms with Gasteiger partial charge in [0.15, 0.2) is 0 Å². The second kappa shape index (κ2) is 10.6. The normalized spacial score (nSPS) is 11.4. The Hall–Kier alpha value is -2.23. The molecule has 4 nitrogen and oxygen atoms in total. The molecule has 0 heterocycles. The average Bonchev–Trinajstić information content (AvgIpc) is 2.50. The molecule has 25 heavy (non-hydrogen) atoms. The van der Waals surface area contributed by atoms with Gasteiger partial charge in [0, 0.05) is 12.0 Å². The van der Waals surface area contributed by atoms with E-state index < -0.39 is 5.97 Å². The highest BCUT2D eigenvalue weighted by Gasteiger charge is 2.09. The maximum atomic E-state index is 10.5. The maximum Gasteiger partial charge on any atom is 0.303 e. The third-order valence-corrected chi connectivity index (χ3v) is 4.11. The van der Waals surface area contributed by atoms with Gasteiger partial charge in [0.1, 0.15) is 11.5 Å². The minimum atomic E-state index is -0.798. The first-order chi connectivity index (χ1) is 11.8. The predicted octanol–water partition coefficient (Wildman–Crippen LogP) is 5.13. The first-order valence-corrected chi connectivity index (χ1v) is 8.84. The summed E-state index contributed by atoms with van der Waals surface area (Å²) < 4.78 is 0. The lowest BCUT2D eigenvalue weighted by Crippen LogP contribution is -1.95. The molecular formula is C21H30O4. The molecule has 1 rings (SSSR count). The number of hydrogen-bond acceptors (Lipinski definition) is 3. The first kappa shape index (κ1) is 20.8. The van der Waals surface area contributed by atoms with E-state index in [1.54, 1.807) is 12.1 Å². The monoisotopic (exact) mass is 346 g/mol. The Balaban J connectivity index is 2.63. The summed E-state index contributed by atoms with van der Waals surface area (Å²) in [6, 6.07) is 3.34. The third kappa shape index (κ3) is 8.43. The van der Waals surface area contributed by atoms with Crippen molar-refractivity contribution in [2.45, 2.75) is 65.7 Å². The number of aryl methyl sites for hydroxylation is 1. The summed E-state index contributed by atoms with van der Waals surface area (Å²) >= 11 is 0. The Morgan fingerprint density at radius 1 is 1.00 bits per heavy atom. The van der Waals surface area contributed by atoms with Crippen molar-refractivity contribution in [3.05, 3.63) is 46.6 Å². The van der Waals surface area contributed by atoms with E-state index in [2.05, 4.69) is 26.8 Å². The number of phenols is 2. The van der Waals surface area contributed by atoms with Gasteiger partial charge >= 0.3 is 5.97 Å². The van der Waals surface area contributed by atoms with E-state index in [4.69, 9.17) is 5.11 Å². The van der Waals surface area contributed by atoms with E-state index in [1.807, 2.05) is 6.08 Å². The number of benzene rings is 1. The van der Waals surface area contributed by atoms with Crippen LogP contribution in [0.1, 0.15) is 64.0 Å². The Labute approximate surface area is 150 Å². The zero-order valence-electron chi connectivity index (χ0n) is 15.5. The van der Waals surface area contributed by atoms with Crippen LogP contribution in [0.15, 0.2) is 35.4 Å². The van der Waals surface area contributed by atoms with Crippen LogP contribution < -0.4 is 0 Å². The molecule has 0 fully saturated rings. The van der Waals surface area contributed by atoms with Gasteiger partial charge in [0.25, 0.3) is 0 Å². The summed E-state index contributed by atoms with van der Waals surface area (Å²) in [5.74, 6) is -0.601. The molecule has 0 aliphatic heterocycles. The molecule has 0 saturated heterocycles. The Bertz CT molecular complexity index is 614. The van der Waals surface area contributed by atoms with Gasteiger partial charge in [0.05, 0.1) is 0 Å². The van der Waals surface area contributed by atoms with Gasteiger partial charge < -0.3 is 15.3 Å². The van der Waals surface area contributed by atoms with Gasteiger partial charge in [-0.05, 0) is 77.0 Å². The average molecular weight is 346 g/mol. The fourth-order valence-electron chi connectivity index (χ4n) is 2.62. The number of unbranched alkanes of at least 4 members (excludes halogenated alkanes) is 1. The lowest BCUT2D eigenvalue weighted by Gasteiger charge is -2.09. The Morgan fingerprint density at radius 3 is 2.20 bits per heavy atom. The predicted molar refractivity (Wildman–Crippen MR) is 101 cm³/mol. The fourth-order valence-corrected chi connectivity index (χ4v) is 2.62. The number of hydrogen-bond donors (Lipinski definition) is 3. The molecule has 0 aliphatic rings. The quantitative estimate of drug-likeness (QED) is 0.405. The van der Waals surface area contributed by atoms with Crippen molar-refractivity contribution in [3.63, 3.8) is 0 Å². The number of rotatable bonds is 10. The molecule has 0 bridgehead atoms. The minimum absolute atomic E-state index is 0.0987. The van der Waals surface area contributed by atoms with Crippen molar-refractivity contribution in [2.75, 3.05) is 0 Å². The van der Waals surface area contributed by atoms with Crippen LogP contribution in [0.25, 0.3) is 0 Å². The van der Waals surface area contributed by atoms with E-state index in [0.29, 0.717) is 31.2 Å². The van der Waals surface area contributed by atoms with Gasteiger partial charge in [0.2, 0.25) is 0 Å². The van der Waals surface area contributed by atoms with Crippen LogP contribution in [0, 0.1) is 0 Å². The topological polar surface area (TPSA) is 77.8 Å². The number of aromatic hydroxyl groups is 2. The molecular weight excluding hydrogens is 316 g/mol. The smallest absolute Gasteiger partial charge is 0.303 e. The highest BCUT2D eigenvalue weighted by molar-refractivity contribution is 5.66. The van der Waals surface area contributed by atoms with Gasteiger partial charge in [-0.15, -0.1) is 0 Å². The van der Waals surface area contributed by atoms with Crippen LogP contribution in [-0.4, -0.2) is 21.3 Å². The third-order valence-electron chi connectivity index (χ3n) is 4.11. The van der Waals surface area contributed by atoms with E-state index in [-0.39, 0.29) is 17.9 Å². The number of aliphatic carboxylic acids is 1. The molecule has 0 radical (unpaired) electrons. The summed E-state index contributed by atoms with van der Waals surface area (Å²) in [5, 5.41) is 29.0. The second-order valence-corrected chi connectivity index (χ2v) is 6.79. The molecule has 3 N–H and O–H groups in total. The van der Waals surface area contributed by atoms with E-state index in [0.717, 1.165) is 18.4 Å². The lowest BCUT2D eigenvalue weighted by molar-refractivity contribution is -0.137. The van der Waals surface area contributed by atoms with Gasteiger partial charge in [-0.2, -0.15) is 0 Å². The van der Waals surface area contributed by atoms with Crippen LogP contribution >= 0.6 is 0 Å². The lowest BCUT2D eigenvalue weighted by atomic mass is 10.0. The fraction of sp³-hybridized carbons (Fsp3) is 0.476. The Kier molecular flexibility index (Phi) is 8.82. The SMILES string of the molecule is CC(C)=CCCC(C)=CCc1c(O)cc(CCCCC(=O)O)cc1O. The zero-order valence-corrected chi connectivity index (χ0v) is 15.5. The highest BCUT2D eigenvalue weighted by Crippen LogP contribution is 2.30. The van der Waals surface area contributed by atoms with Crippen molar-refractivity contribution in [3.8, 4) is 11.5 Å². The van der Waals surface area contributed by atoms with Crippen molar-refractivity contribution < 1.29 is 20.1 Å². The van der Waals surface area contributed by atoms with Crippen LogP contribution in [0.4, 0.5) is 0 Å². The van der Waals surface area contributed by atoms with Crippen LogP contribution in [0.2, 0.25) is 0 Å². The van der Waals surface area contributed by atoms with Crippen LogP contribution in [0.5, 0.6) is 11.5 Å². The first-order valence-electron chi connectivity index (χ1n) is 8.84. The molecule has 138 valence electrons. The summed E-state index contributed by atoms with van der Waals surface area (Å²) in [6.07, 6.45) is 8.80. The molecule has 0 amide bonds. The zero-order chi connectivity index (χ0) is 18.8. The molecule has 1 aromatic rings. The molecule has 0 aromatic heterocycles. The van der Waals surface area contributed by atoms with Gasteiger partial charge in [-0.25, -0.2) is 0 Å². The van der Waals surface area contributed by atoms with E-state index in [1.165, 1.54) is 11.1 Å². The molecule has 0 unspecified atom stereocenters. The number of carboxylic acids is 1. The maximum absolute atomic E-state index is 10.5. The summed E-state index contributed by atoms with van der Waals surface area (Å²) in [7, 11) is 0. The molecule has 0 spiro atoms. The largest absolute Gasteiger partial charge is 0.508 e. The van der Waals surface area contributed by atoms with E-state index >= 15 is 0 Å². The summed E-state index contributed by atoms with van der Waals surface area (Å²) in [6.45, 7) is 6.22. The van der Waals surface area contributed by atoms with Crippen molar-refractivity contribution in [2.24, 2.45) is 0 Å².